The third-order valence-corrected chi connectivity index (χ3v) is 6.77. The Morgan fingerprint density at radius 1 is 1.12 bits per heavy atom. The van der Waals surface area contributed by atoms with E-state index in [1.807, 2.05) is 0 Å². The fraction of sp³-hybridized carbons (Fsp3) is 1.00. The van der Waals surface area contributed by atoms with Crippen molar-refractivity contribution in [2.24, 2.45) is 5.92 Å². The molecule has 10 heteroatoms. The van der Waals surface area contributed by atoms with Crippen molar-refractivity contribution < 1.29 is 38.2 Å². The number of alkyl halides is 1. The van der Waals surface area contributed by atoms with E-state index >= 15 is 0 Å². The number of aliphatic hydroxyl groups is 1. The fourth-order valence-corrected chi connectivity index (χ4v) is 4.34. The lowest BCUT2D eigenvalue weighted by atomic mass is 10.0. The van der Waals surface area contributed by atoms with Crippen LogP contribution < -0.4 is 0 Å². The Labute approximate surface area is 97.0 Å². The van der Waals surface area contributed by atoms with Gasteiger partial charge in [0.05, 0.1) is 0 Å². The highest BCUT2D eigenvalue weighted by Gasteiger charge is 2.60. The molecule has 0 aromatic heterocycles. The summed E-state index contributed by atoms with van der Waals surface area (Å²) in [6.45, 7) is 0. The van der Waals surface area contributed by atoms with E-state index in [1.165, 1.54) is 0 Å². The highest BCUT2D eigenvalue weighted by molar-refractivity contribution is 7.72. The maximum absolute atomic E-state index is 12.9. The molecule has 1 fully saturated rings. The van der Waals surface area contributed by atoms with Gasteiger partial charge in [-0.3, -0.25) is 9.13 Å². The molecule has 0 saturated heterocycles. The Bertz CT molecular complexity index is 352. The average molecular weight is 292 g/mol. The van der Waals surface area contributed by atoms with Crippen LogP contribution in [0.3, 0.4) is 0 Å². The number of hydrogen-bond acceptors (Lipinski definition) is 3. The molecule has 0 amide bonds. The Balaban J connectivity index is 2.94. The zero-order valence-electron chi connectivity index (χ0n) is 8.81. The molecule has 2 atom stereocenters. The molecular weight excluding hydrogens is 277 g/mol. The van der Waals surface area contributed by atoms with Crippen molar-refractivity contribution in [3.8, 4) is 0 Å². The molecule has 0 bridgehead atoms. The van der Waals surface area contributed by atoms with Gasteiger partial charge >= 0.3 is 15.2 Å². The summed E-state index contributed by atoms with van der Waals surface area (Å²) in [5.74, 6) is -0.643. The van der Waals surface area contributed by atoms with Gasteiger partial charge in [-0.05, 0) is 25.2 Å². The van der Waals surface area contributed by atoms with Crippen molar-refractivity contribution in [3.63, 3.8) is 0 Å². The molecule has 102 valence electrons. The lowest BCUT2D eigenvalue weighted by Gasteiger charge is -2.31. The molecule has 0 unspecified atom stereocenters. The smallest absolute Gasteiger partial charge is 0.368 e. The monoisotopic (exact) mass is 292 g/mol. The van der Waals surface area contributed by atoms with Crippen molar-refractivity contribution in [1.82, 2.24) is 0 Å². The van der Waals surface area contributed by atoms with E-state index in [-0.39, 0.29) is 19.3 Å². The molecule has 0 aromatic carbocycles. The maximum atomic E-state index is 12.9. The molecule has 5 N–H and O–H groups in total. The van der Waals surface area contributed by atoms with Gasteiger partial charge in [0, 0.05) is 6.42 Å². The molecule has 1 saturated carbocycles. The Morgan fingerprint density at radius 3 is 1.88 bits per heavy atom. The quantitative estimate of drug-likeness (QED) is 0.476. The van der Waals surface area contributed by atoms with Gasteiger partial charge < -0.3 is 24.7 Å². The van der Waals surface area contributed by atoms with Crippen LogP contribution >= 0.6 is 15.2 Å². The molecular formula is C7H15FO7P2. The van der Waals surface area contributed by atoms with Crippen molar-refractivity contribution >= 4 is 15.2 Å². The largest absolute Gasteiger partial charge is 0.369 e. The van der Waals surface area contributed by atoms with Crippen LogP contribution in [0.4, 0.5) is 4.39 Å². The predicted octanol–water partition coefficient (Wildman–Crippen LogP) is 0.516. The molecule has 7 nitrogen and oxygen atoms in total. The average Bonchev–Trinajstić information content (AvgIpc) is 2.47. The summed E-state index contributed by atoms with van der Waals surface area (Å²) >= 11 is 0. The summed E-state index contributed by atoms with van der Waals surface area (Å²) in [6, 6.07) is 0. The standard InChI is InChI=1S/C7H15FO7P2/c8-6-2-1-5(3-6)4-7(9,16(10,11)12)17(13,14)15/h5-6,9H,1-4H2,(H2,10,11,12)(H2,13,14,15)/t5-,6-/m1/s1. The predicted molar refractivity (Wildman–Crippen MR) is 55.9 cm³/mol. The van der Waals surface area contributed by atoms with Gasteiger partial charge in [0.15, 0.2) is 0 Å². The fourth-order valence-electron chi connectivity index (χ4n) is 1.99. The minimum absolute atomic E-state index is 0.0533. The first-order valence-corrected chi connectivity index (χ1v) is 8.17. The molecule has 1 aliphatic rings. The van der Waals surface area contributed by atoms with Gasteiger partial charge in [-0.1, -0.05) is 0 Å². The van der Waals surface area contributed by atoms with Crippen molar-refractivity contribution in [2.45, 2.75) is 36.9 Å². The number of rotatable bonds is 4. The second-order valence-corrected chi connectivity index (χ2v) is 8.35. The van der Waals surface area contributed by atoms with Crippen LogP contribution in [-0.2, 0) is 9.13 Å². The normalized spacial score (nSPS) is 27.4. The van der Waals surface area contributed by atoms with E-state index in [4.69, 9.17) is 19.6 Å². The Morgan fingerprint density at radius 2 is 1.59 bits per heavy atom. The molecule has 1 aliphatic carbocycles. The summed E-state index contributed by atoms with van der Waals surface area (Å²) in [6.07, 6.45) is -1.60. The van der Waals surface area contributed by atoms with Gasteiger partial charge in [0.25, 0.3) is 5.08 Å². The summed E-state index contributed by atoms with van der Waals surface area (Å²) < 4.78 is 34.9. The molecule has 0 aromatic rings. The van der Waals surface area contributed by atoms with Crippen LogP contribution in [0.25, 0.3) is 0 Å². The van der Waals surface area contributed by atoms with E-state index in [0.717, 1.165) is 0 Å². The lowest BCUT2D eigenvalue weighted by molar-refractivity contribution is 0.106. The summed E-state index contributed by atoms with van der Waals surface area (Å²) in [4.78, 5) is 35.5. The molecule has 1 rings (SSSR count). The lowest BCUT2D eigenvalue weighted by Crippen LogP contribution is -2.31. The van der Waals surface area contributed by atoms with Gasteiger partial charge in [-0.2, -0.15) is 0 Å². The number of hydrogen-bond donors (Lipinski definition) is 5. The first-order valence-electron chi connectivity index (χ1n) is 4.95. The van der Waals surface area contributed by atoms with Crippen molar-refractivity contribution in [1.29, 1.82) is 0 Å². The minimum atomic E-state index is -5.41. The van der Waals surface area contributed by atoms with Crippen LogP contribution in [0, 0.1) is 5.92 Å². The SMILES string of the molecule is O=P(O)(O)C(O)(C[C@@H]1CC[C@@H](F)C1)P(=O)(O)O. The zero-order chi connectivity index (χ0) is 13.5. The van der Waals surface area contributed by atoms with Crippen LogP contribution in [0.2, 0.25) is 0 Å². The van der Waals surface area contributed by atoms with Gasteiger partial charge in [0.2, 0.25) is 0 Å². The van der Waals surface area contributed by atoms with Gasteiger partial charge in [-0.25, -0.2) is 4.39 Å². The molecule has 0 aliphatic heterocycles. The highest BCUT2D eigenvalue weighted by Crippen LogP contribution is 2.70. The van der Waals surface area contributed by atoms with Gasteiger partial charge in [0.1, 0.15) is 6.17 Å². The zero-order valence-corrected chi connectivity index (χ0v) is 10.6. The van der Waals surface area contributed by atoms with E-state index in [9.17, 15) is 18.6 Å². The summed E-state index contributed by atoms with van der Waals surface area (Å²) in [5.41, 5.74) is 0. The summed E-state index contributed by atoms with van der Waals surface area (Å²) in [7, 11) is -10.8. The number of halogens is 1. The maximum Gasteiger partial charge on any atom is 0.369 e. The third-order valence-electron chi connectivity index (χ3n) is 2.97. The summed E-state index contributed by atoms with van der Waals surface area (Å²) in [5, 5.41) is 6.17. The minimum Gasteiger partial charge on any atom is -0.368 e. The van der Waals surface area contributed by atoms with E-state index in [1.54, 1.807) is 0 Å². The van der Waals surface area contributed by atoms with Gasteiger partial charge in [-0.15, -0.1) is 0 Å². The van der Waals surface area contributed by atoms with E-state index in [2.05, 4.69) is 0 Å². The first-order chi connectivity index (χ1) is 7.47. The highest BCUT2D eigenvalue weighted by atomic mass is 31.2. The molecule has 0 heterocycles. The van der Waals surface area contributed by atoms with Crippen LogP contribution in [0.5, 0.6) is 0 Å². The van der Waals surface area contributed by atoms with E-state index < -0.39 is 38.8 Å². The first kappa shape index (κ1) is 15.2. The topological polar surface area (TPSA) is 135 Å². The Hall–Kier alpha value is 0.190. The third kappa shape index (κ3) is 3.15. The van der Waals surface area contributed by atoms with Crippen LogP contribution in [0.15, 0.2) is 0 Å². The molecule has 0 spiro atoms. The second-order valence-electron chi connectivity index (χ2n) is 4.34. The molecule has 0 radical (unpaired) electrons. The van der Waals surface area contributed by atoms with Crippen molar-refractivity contribution in [2.75, 3.05) is 0 Å². The van der Waals surface area contributed by atoms with Crippen LogP contribution in [0.1, 0.15) is 25.7 Å². The van der Waals surface area contributed by atoms with Crippen molar-refractivity contribution in [3.05, 3.63) is 0 Å². The van der Waals surface area contributed by atoms with Crippen LogP contribution in [-0.4, -0.2) is 35.9 Å². The molecule has 17 heavy (non-hydrogen) atoms. The van der Waals surface area contributed by atoms with E-state index in [0.29, 0.717) is 0 Å². The Kier molecular flexibility index (Phi) is 4.22. The second kappa shape index (κ2) is 4.70.